The van der Waals surface area contributed by atoms with Gasteiger partial charge in [-0.15, -0.1) is 0 Å². The predicted molar refractivity (Wildman–Crippen MR) is 92.8 cm³/mol. The highest BCUT2D eigenvalue weighted by atomic mass is 19.1. The van der Waals surface area contributed by atoms with E-state index in [1.807, 2.05) is 12.1 Å². The number of hydrogen-bond donors (Lipinski definition) is 1. The molecule has 5 nitrogen and oxygen atoms in total. The fourth-order valence-corrected chi connectivity index (χ4v) is 3.16. The molecule has 0 spiro atoms. The standard InChI is InChI=1S/C19H15F2N3O2/c1-11-18(15-8-3-12(20)9-16(15)21)19-22-10-17(25)24(19)23(11)13-4-6-14(26-2)7-5-13/h3-10,25H,1-2H3. The smallest absolute Gasteiger partial charge is 0.231 e. The molecule has 0 radical (unpaired) electrons. The third-order valence-electron chi connectivity index (χ3n) is 4.34. The van der Waals surface area contributed by atoms with Gasteiger partial charge in [-0.3, -0.25) is 0 Å². The van der Waals surface area contributed by atoms with Crippen molar-refractivity contribution in [3.63, 3.8) is 0 Å². The van der Waals surface area contributed by atoms with E-state index >= 15 is 0 Å². The molecule has 0 unspecified atom stereocenters. The lowest BCUT2D eigenvalue weighted by atomic mass is 10.1. The van der Waals surface area contributed by atoms with Gasteiger partial charge in [-0.25, -0.2) is 18.4 Å². The van der Waals surface area contributed by atoms with Crippen molar-refractivity contribution < 1.29 is 18.6 Å². The molecule has 2 aromatic carbocycles. The number of nitrogens with zero attached hydrogens (tertiary/aromatic N) is 3. The van der Waals surface area contributed by atoms with E-state index in [4.69, 9.17) is 4.74 Å². The summed E-state index contributed by atoms with van der Waals surface area (Å²) in [5.74, 6) is -0.743. The number of aromatic nitrogens is 3. The first-order chi connectivity index (χ1) is 12.5. The highest BCUT2D eigenvalue weighted by Crippen LogP contribution is 2.35. The van der Waals surface area contributed by atoms with Gasteiger partial charge in [0.1, 0.15) is 17.4 Å². The van der Waals surface area contributed by atoms with Crippen LogP contribution in [-0.4, -0.2) is 26.4 Å². The van der Waals surface area contributed by atoms with Gasteiger partial charge in [-0.1, -0.05) is 0 Å². The van der Waals surface area contributed by atoms with Crippen LogP contribution in [0.2, 0.25) is 0 Å². The van der Waals surface area contributed by atoms with Crippen LogP contribution in [0.15, 0.2) is 48.7 Å². The van der Waals surface area contributed by atoms with Crippen LogP contribution in [-0.2, 0) is 0 Å². The van der Waals surface area contributed by atoms with Crippen LogP contribution in [0.25, 0.3) is 22.5 Å². The molecule has 0 aliphatic rings. The summed E-state index contributed by atoms with van der Waals surface area (Å²) >= 11 is 0. The Morgan fingerprint density at radius 2 is 1.81 bits per heavy atom. The maximum Gasteiger partial charge on any atom is 0.231 e. The molecule has 4 aromatic rings. The number of rotatable bonds is 3. The van der Waals surface area contributed by atoms with Gasteiger partial charge in [0.05, 0.1) is 24.6 Å². The molecule has 1 N–H and O–H groups in total. The molecule has 0 aliphatic carbocycles. The molecule has 0 bridgehead atoms. The number of halogens is 2. The fraction of sp³-hybridized carbons (Fsp3) is 0.105. The SMILES string of the molecule is COc1ccc(-n2c(C)c(-c3ccc(F)cc3F)c3ncc(O)n32)cc1. The Labute approximate surface area is 147 Å². The van der Waals surface area contributed by atoms with Crippen molar-refractivity contribution in [3.8, 4) is 28.4 Å². The minimum Gasteiger partial charge on any atom is -0.497 e. The first-order valence-electron chi connectivity index (χ1n) is 7.89. The molecule has 2 aromatic heterocycles. The minimum absolute atomic E-state index is 0.0901. The number of ether oxygens (including phenoxy) is 1. The quantitative estimate of drug-likeness (QED) is 0.602. The Morgan fingerprint density at radius 1 is 1.08 bits per heavy atom. The molecule has 0 aliphatic heterocycles. The molecule has 0 fully saturated rings. The maximum absolute atomic E-state index is 14.4. The van der Waals surface area contributed by atoms with Crippen LogP contribution in [0.1, 0.15) is 5.69 Å². The van der Waals surface area contributed by atoms with E-state index in [-0.39, 0.29) is 11.4 Å². The molecule has 7 heteroatoms. The van der Waals surface area contributed by atoms with Crippen molar-refractivity contribution in [1.29, 1.82) is 0 Å². The van der Waals surface area contributed by atoms with Crippen LogP contribution >= 0.6 is 0 Å². The number of hydrogen-bond acceptors (Lipinski definition) is 3. The number of fused-ring (bicyclic) bond motifs is 1. The Morgan fingerprint density at radius 3 is 2.46 bits per heavy atom. The zero-order chi connectivity index (χ0) is 18.4. The van der Waals surface area contributed by atoms with Crippen LogP contribution < -0.4 is 4.74 Å². The summed E-state index contributed by atoms with van der Waals surface area (Å²) in [5.41, 5.74) is 2.46. The first-order valence-corrected chi connectivity index (χ1v) is 7.89. The number of imidazole rings is 1. The summed E-state index contributed by atoms with van der Waals surface area (Å²) in [5, 5.41) is 10.3. The second-order valence-corrected chi connectivity index (χ2v) is 5.85. The van der Waals surface area contributed by atoms with Gasteiger partial charge in [0.25, 0.3) is 0 Å². The summed E-state index contributed by atoms with van der Waals surface area (Å²) in [7, 11) is 1.57. The first kappa shape index (κ1) is 16.1. The molecular formula is C19H15F2N3O2. The van der Waals surface area contributed by atoms with Gasteiger partial charge in [0.15, 0.2) is 5.65 Å². The summed E-state index contributed by atoms with van der Waals surface area (Å²) in [6.45, 7) is 1.79. The highest BCUT2D eigenvalue weighted by molar-refractivity contribution is 5.81. The summed E-state index contributed by atoms with van der Waals surface area (Å²) in [6.07, 6.45) is 1.29. The normalized spacial score (nSPS) is 11.2. The van der Waals surface area contributed by atoms with E-state index in [0.717, 1.165) is 11.8 Å². The van der Waals surface area contributed by atoms with Crippen molar-refractivity contribution in [2.75, 3.05) is 7.11 Å². The van der Waals surface area contributed by atoms with E-state index in [2.05, 4.69) is 4.98 Å². The average Bonchev–Trinajstić information content (AvgIpc) is 3.13. The second-order valence-electron chi connectivity index (χ2n) is 5.85. The predicted octanol–water partition coefficient (Wildman–Crippen LogP) is 4.09. The summed E-state index contributed by atoms with van der Waals surface area (Å²) in [6, 6.07) is 10.6. The topological polar surface area (TPSA) is 51.7 Å². The van der Waals surface area contributed by atoms with E-state index in [0.29, 0.717) is 22.7 Å². The molecule has 0 atom stereocenters. The second kappa shape index (κ2) is 5.87. The molecule has 0 saturated carbocycles. The van der Waals surface area contributed by atoms with Gasteiger partial charge in [0.2, 0.25) is 5.88 Å². The lowest BCUT2D eigenvalue weighted by molar-refractivity contribution is 0.414. The lowest BCUT2D eigenvalue weighted by Gasteiger charge is -2.10. The van der Waals surface area contributed by atoms with Crippen molar-refractivity contribution >= 4 is 5.65 Å². The maximum atomic E-state index is 14.4. The van der Waals surface area contributed by atoms with Gasteiger partial charge < -0.3 is 9.84 Å². The molecule has 0 saturated heterocycles. The van der Waals surface area contributed by atoms with E-state index in [9.17, 15) is 13.9 Å². The Balaban J connectivity index is 2.02. The fourth-order valence-electron chi connectivity index (χ4n) is 3.16. The molecule has 4 rings (SSSR count). The molecule has 132 valence electrons. The average molecular weight is 355 g/mol. The number of aromatic hydroxyl groups is 1. The van der Waals surface area contributed by atoms with E-state index < -0.39 is 11.6 Å². The minimum atomic E-state index is -0.690. The van der Waals surface area contributed by atoms with Gasteiger partial charge >= 0.3 is 0 Å². The lowest BCUT2D eigenvalue weighted by Crippen LogP contribution is -2.04. The largest absolute Gasteiger partial charge is 0.497 e. The molecular weight excluding hydrogens is 340 g/mol. The highest BCUT2D eigenvalue weighted by Gasteiger charge is 2.22. The Kier molecular flexibility index (Phi) is 3.64. The van der Waals surface area contributed by atoms with Crippen molar-refractivity contribution in [2.24, 2.45) is 0 Å². The van der Waals surface area contributed by atoms with Crippen molar-refractivity contribution in [3.05, 3.63) is 66.0 Å². The van der Waals surface area contributed by atoms with Crippen LogP contribution in [0, 0.1) is 18.6 Å². The van der Waals surface area contributed by atoms with E-state index in [1.165, 1.54) is 22.8 Å². The van der Waals surface area contributed by atoms with Gasteiger partial charge in [-0.2, -0.15) is 4.52 Å². The van der Waals surface area contributed by atoms with Crippen LogP contribution in [0.5, 0.6) is 11.6 Å². The zero-order valence-electron chi connectivity index (χ0n) is 14.1. The Hall–Kier alpha value is -3.35. The third kappa shape index (κ3) is 2.32. The Bertz CT molecular complexity index is 1110. The number of benzene rings is 2. The van der Waals surface area contributed by atoms with Crippen LogP contribution in [0.4, 0.5) is 8.78 Å². The van der Waals surface area contributed by atoms with Crippen molar-refractivity contribution in [1.82, 2.24) is 14.2 Å². The summed E-state index contributed by atoms with van der Waals surface area (Å²) in [4.78, 5) is 4.21. The van der Waals surface area contributed by atoms with Crippen LogP contribution in [0.3, 0.4) is 0 Å². The third-order valence-corrected chi connectivity index (χ3v) is 4.34. The van der Waals surface area contributed by atoms with E-state index in [1.54, 1.807) is 30.8 Å². The van der Waals surface area contributed by atoms with Crippen molar-refractivity contribution in [2.45, 2.75) is 6.92 Å². The monoisotopic (exact) mass is 355 g/mol. The molecule has 2 heterocycles. The summed E-state index contributed by atoms with van der Waals surface area (Å²) < 4.78 is 36.1. The molecule has 26 heavy (non-hydrogen) atoms. The van der Waals surface area contributed by atoms with Gasteiger partial charge in [0, 0.05) is 17.3 Å². The van der Waals surface area contributed by atoms with Gasteiger partial charge in [-0.05, 0) is 43.3 Å². The zero-order valence-corrected chi connectivity index (χ0v) is 14.1. The molecule has 0 amide bonds. The number of methoxy groups -OCH3 is 1.